The molecule has 0 spiro atoms. The van der Waals surface area contributed by atoms with E-state index in [1.54, 1.807) is 19.9 Å². The second-order valence-electron chi connectivity index (χ2n) is 4.57. The second-order valence-corrected chi connectivity index (χ2v) is 4.57. The predicted molar refractivity (Wildman–Crippen MR) is 58.8 cm³/mol. The molecule has 1 fully saturated rings. The molecule has 1 aliphatic carbocycles. The minimum atomic E-state index is -0.744. The zero-order valence-corrected chi connectivity index (χ0v) is 9.46. The first-order valence-electron chi connectivity index (χ1n) is 5.31. The molecular weight excluding hydrogens is 209 g/mol. The van der Waals surface area contributed by atoms with Crippen LogP contribution in [0.3, 0.4) is 0 Å². The molecule has 3 nitrogen and oxygen atoms in total. The van der Waals surface area contributed by atoms with Crippen molar-refractivity contribution in [3.05, 3.63) is 35.0 Å². The van der Waals surface area contributed by atoms with Gasteiger partial charge in [-0.05, 0) is 38.0 Å². The molecule has 2 aliphatic rings. The van der Waals surface area contributed by atoms with Crippen LogP contribution in [0.4, 0.5) is 4.39 Å². The maximum Gasteiger partial charge on any atom is 0.145 e. The van der Waals surface area contributed by atoms with Crippen molar-refractivity contribution in [1.29, 1.82) is 0 Å². The van der Waals surface area contributed by atoms with E-state index in [4.69, 9.17) is 10.5 Å². The molecule has 0 radical (unpaired) electrons. The van der Waals surface area contributed by atoms with E-state index in [-0.39, 0.29) is 24.0 Å². The molecule has 0 aromatic heterocycles. The maximum absolute atomic E-state index is 13.8. The first kappa shape index (κ1) is 11.2. The number of rotatable bonds is 1. The summed E-state index contributed by atoms with van der Waals surface area (Å²) in [4.78, 5) is 0. The smallest absolute Gasteiger partial charge is 0.145 e. The van der Waals surface area contributed by atoms with Gasteiger partial charge in [0, 0.05) is 5.92 Å². The highest BCUT2D eigenvalue weighted by atomic mass is 19.1. The van der Waals surface area contributed by atoms with Crippen LogP contribution in [0.5, 0.6) is 0 Å². The van der Waals surface area contributed by atoms with Crippen LogP contribution in [0.25, 0.3) is 0 Å². The molecular formula is C12H16FNO2. The Labute approximate surface area is 94.1 Å². The van der Waals surface area contributed by atoms with E-state index in [9.17, 15) is 9.50 Å². The molecule has 3 N–H and O–H groups in total. The Morgan fingerprint density at radius 3 is 2.94 bits per heavy atom. The van der Waals surface area contributed by atoms with Gasteiger partial charge >= 0.3 is 0 Å². The van der Waals surface area contributed by atoms with E-state index >= 15 is 0 Å². The highest BCUT2D eigenvalue weighted by Crippen LogP contribution is 2.51. The summed E-state index contributed by atoms with van der Waals surface area (Å²) < 4.78 is 19.4. The topological polar surface area (TPSA) is 55.5 Å². The first-order chi connectivity index (χ1) is 7.48. The molecule has 2 atom stereocenters. The van der Waals surface area contributed by atoms with Crippen molar-refractivity contribution in [2.45, 2.75) is 25.9 Å². The minimum Gasteiger partial charge on any atom is -0.489 e. The quantitative estimate of drug-likeness (QED) is 0.715. The second kappa shape index (κ2) is 3.63. The summed E-state index contributed by atoms with van der Waals surface area (Å²) >= 11 is 0. The summed E-state index contributed by atoms with van der Waals surface area (Å²) in [5.74, 6) is 0.186. The zero-order chi connectivity index (χ0) is 11.9. The molecule has 1 saturated carbocycles. The van der Waals surface area contributed by atoms with Crippen LogP contribution in [0, 0.1) is 5.92 Å². The van der Waals surface area contributed by atoms with Gasteiger partial charge < -0.3 is 15.6 Å². The lowest BCUT2D eigenvalue weighted by Crippen LogP contribution is -2.35. The van der Waals surface area contributed by atoms with Gasteiger partial charge in [0.05, 0.1) is 18.1 Å². The van der Waals surface area contributed by atoms with Crippen LogP contribution < -0.4 is 5.73 Å². The number of ether oxygens (including phenoxy) is 1. The fourth-order valence-electron chi connectivity index (χ4n) is 2.07. The van der Waals surface area contributed by atoms with Gasteiger partial charge in [-0.15, -0.1) is 0 Å². The fourth-order valence-corrected chi connectivity index (χ4v) is 2.07. The number of aliphatic hydroxyl groups excluding tert-OH is 1. The molecule has 88 valence electrons. The summed E-state index contributed by atoms with van der Waals surface area (Å²) in [7, 11) is 0. The van der Waals surface area contributed by atoms with Crippen molar-refractivity contribution < 1.29 is 14.2 Å². The highest BCUT2D eigenvalue weighted by molar-refractivity contribution is 5.41. The van der Waals surface area contributed by atoms with Crippen LogP contribution in [0.15, 0.2) is 35.0 Å². The molecule has 0 amide bonds. The lowest BCUT2D eigenvalue weighted by atomic mass is 10.0. The number of aliphatic hydroxyl groups is 1. The van der Waals surface area contributed by atoms with Gasteiger partial charge in [-0.2, -0.15) is 0 Å². The molecule has 4 heteroatoms. The van der Waals surface area contributed by atoms with Crippen LogP contribution in [-0.2, 0) is 4.74 Å². The highest BCUT2D eigenvalue weighted by Gasteiger charge is 2.50. The van der Waals surface area contributed by atoms with Gasteiger partial charge in [0.1, 0.15) is 11.4 Å². The average molecular weight is 225 g/mol. The largest absolute Gasteiger partial charge is 0.489 e. The molecule has 0 aromatic carbocycles. The normalized spacial score (nSPS) is 44.9. The number of nitrogens with two attached hydrogens (primary N) is 1. The van der Waals surface area contributed by atoms with E-state index in [0.717, 1.165) is 0 Å². The van der Waals surface area contributed by atoms with Crippen LogP contribution in [0.2, 0.25) is 0 Å². The Bertz CT molecular complexity index is 411. The van der Waals surface area contributed by atoms with Gasteiger partial charge in [0.25, 0.3) is 0 Å². The summed E-state index contributed by atoms with van der Waals surface area (Å²) in [6.07, 6.45) is 3.72. The third-order valence-electron chi connectivity index (χ3n) is 3.16. The predicted octanol–water partition coefficient (Wildman–Crippen LogP) is 1.76. The van der Waals surface area contributed by atoms with Crippen LogP contribution in [0.1, 0.15) is 20.3 Å². The van der Waals surface area contributed by atoms with Crippen molar-refractivity contribution >= 4 is 0 Å². The lowest BCUT2D eigenvalue weighted by molar-refractivity contribution is -0.0407. The SMILES string of the molecule is C\C1=C/C=C(N)\C(F)=C2/CC2C(C)(CO)O1. The molecule has 1 heterocycles. The molecule has 16 heavy (non-hydrogen) atoms. The molecule has 0 aromatic rings. The van der Waals surface area contributed by atoms with Crippen molar-refractivity contribution in [2.75, 3.05) is 6.61 Å². The summed E-state index contributed by atoms with van der Waals surface area (Å²) in [6.45, 7) is 3.42. The van der Waals surface area contributed by atoms with Gasteiger partial charge in [0.15, 0.2) is 0 Å². The number of hydrogen-bond acceptors (Lipinski definition) is 3. The van der Waals surface area contributed by atoms with Crippen molar-refractivity contribution in [3.8, 4) is 0 Å². The van der Waals surface area contributed by atoms with Crippen LogP contribution >= 0.6 is 0 Å². The Balaban J connectivity index is 2.43. The average Bonchev–Trinajstić information content (AvgIpc) is 3.03. The van der Waals surface area contributed by atoms with Gasteiger partial charge in [-0.25, -0.2) is 4.39 Å². The monoisotopic (exact) mass is 225 g/mol. The Kier molecular flexibility index (Phi) is 2.54. The fraction of sp³-hybridized carbons (Fsp3) is 0.500. The summed E-state index contributed by atoms with van der Waals surface area (Å²) in [6, 6.07) is 0. The summed E-state index contributed by atoms with van der Waals surface area (Å²) in [5, 5.41) is 9.38. The summed E-state index contributed by atoms with van der Waals surface area (Å²) in [5.41, 5.74) is 5.62. The number of hydrogen-bond donors (Lipinski definition) is 2. The van der Waals surface area contributed by atoms with Gasteiger partial charge in [0.2, 0.25) is 0 Å². The molecule has 2 unspecified atom stereocenters. The molecule has 1 aliphatic heterocycles. The van der Waals surface area contributed by atoms with Gasteiger partial charge in [-0.1, -0.05) is 0 Å². The van der Waals surface area contributed by atoms with Crippen LogP contribution in [-0.4, -0.2) is 17.3 Å². The Morgan fingerprint density at radius 2 is 2.31 bits per heavy atom. The third kappa shape index (κ3) is 1.73. The zero-order valence-electron chi connectivity index (χ0n) is 9.46. The lowest BCUT2D eigenvalue weighted by Gasteiger charge is -2.28. The molecule has 0 bridgehead atoms. The Hall–Kier alpha value is -1.29. The first-order valence-corrected chi connectivity index (χ1v) is 5.31. The van der Waals surface area contributed by atoms with E-state index < -0.39 is 5.60 Å². The third-order valence-corrected chi connectivity index (χ3v) is 3.16. The van der Waals surface area contributed by atoms with E-state index in [0.29, 0.717) is 17.8 Å². The number of allylic oxidation sites excluding steroid dienone is 4. The van der Waals surface area contributed by atoms with Gasteiger partial charge in [-0.3, -0.25) is 0 Å². The standard InChI is InChI=1S/C12H16FNO2/c1-7-3-4-10(14)11(13)8-5-9(8)12(2,6-15)16-7/h3-4,9,15H,5-6,14H2,1-2H3/b7-3+,10-4+,11-8-. The van der Waals surface area contributed by atoms with E-state index in [2.05, 4.69) is 0 Å². The minimum absolute atomic E-state index is 0.0779. The Morgan fingerprint density at radius 1 is 1.62 bits per heavy atom. The maximum atomic E-state index is 13.8. The number of fused-ring (bicyclic) bond motifs is 1. The van der Waals surface area contributed by atoms with Crippen molar-refractivity contribution in [2.24, 2.45) is 11.7 Å². The van der Waals surface area contributed by atoms with Crippen molar-refractivity contribution in [1.82, 2.24) is 0 Å². The van der Waals surface area contributed by atoms with Crippen molar-refractivity contribution in [3.63, 3.8) is 0 Å². The van der Waals surface area contributed by atoms with E-state index in [1.807, 2.05) is 0 Å². The number of halogens is 1. The van der Waals surface area contributed by atoms with E-state index in [1.165, 1.54) is 6.08 Å². The molecule has 0 saturated heterocycles. The molecule has 2 rings (SSSR count).